The van der Waals surface area contributed by atoms with Crippen LogP contribution in [0.15, 0.2) is 120 Å². The molecule has 0 spiro atoms. The molecule has 290 valence electrons. The van der Waals surface area contributed by atoms with Crippen molar-refractivity contribution in [2.45, 2.75) is 75.7 Å². The monoisotopic (exact) mass is 743 g/mol. The second kappa shape index (κ2) is 19.7. The Labute approximate surface area is 325 Å². The Morgan fingerprint density at radius 1 is 0.745 bits per heavy atom. The number of pyridine rings is 1. The number of carboxylic acid groups (broad SMARTS) is 1. The number of aliphatic carboxylic acids is 1. The third-order valence-electron chi connectivity index (χ3n) is 11.7. The van der Waals surface area contributed by atoms with Crippen LogP contribution in [0.25, 0.3) is 10.9 Å². The maximum atomic E-state index is 13.4. The van der Waals surface area contributed by atoms with Gasteiger partial charge in [-0.1, -0.05) is 129 Å². The lowest BCUT2D eigenvalue weighted by molar-refractivity contribution is -0.144. The minimum atomic E-state index is -0.805. The first-order chi connectivity index (χ1) is 26.9. The van der Waals surface area contributed by atoms with Gasteiger partial charge in [0.15, 0.2) is 0 Å². The number of fused-ring (bicyclic) bond motifs is 1. The number of carbonyl (C=O) groups is 1. The van der Waals surface area contributed by atoms with E-state index in [1.54, 1.807) is 12.1 Å². The number of aliphatic hydroxyl groups excluding tert-OH is 1. The first-order valence-corrected chi connectivity index (χ1v) is 20.2. The molecule has 0 amide bonds. The standard InChI is InChI=1S/C47H57N3O5/c51-42-25-23-39(40-24-26-44(53)49-45(40)42)43(52)34-48-29-15-4-2-1-3-5-16-30-50-31-27-35(28-32-50)33-41(46(54)55)47(36-17-9-6-10-18-36,37-19-11-7-12-20-37)38-21-13-8-14-22-38/h6-14,17-26,35,41,43,48,51-52H,1-5,15-16,27-34H2,(H,49,53)(H,54,55)/t41-,43?/m0/s1. The number of H-pyrrole nitrogens is 1. The molecule has 1 saturated heterocycles. The van der Waals surface area contributed by atoms with Crippen molar-refractivity contribution in [2.75, 3.05) is 32.7 Å². The molecule has 0 saturated carbocycles. The number of aromatic amines is 1. The summed E-state index contributed by atoms with van der Waals surface area (Å²) in [6.07, 6.45) is 10.2. The average molecular weight is 744 g/mol. The fraction of sp³-hybridized carbons (Fsp3) is 0.404. The number of rotatable bonds is 20. The van der Waals surface area contributed by atoms with Crippen molar-refractivity contribution in [3.63, 3.8) is 0 Å². The SMILES string of the molecule is O=C(O)[C@H](CC1CCN(CCCCCCCCCNCC(O)c2ccc(O)c3[nH]c(=O)ccc23)CC1)C(c1ccccc1)(c1ccccc1)c1ccccc1. The van der Waals surface area contributed by atoms with E-state index >= 15 is 0 Å². The molecule has 1 unspecified atom stereocenters. The Hall–Kier alpha value is -4.76. The van der Waals surface area contributed by atoms with Crippen LogP contribution >= 0.6 is 0 Å². The number of unbranched alkanes of at least 4 members (excludes halogenated alkanes) is 6. The van der Waals surface area contributed by atoms with E-state index in [1.807, 2.05) is 54.6 Å². The zero-order valence-electron chi connectivity index (χ0n) is 31.9. The number of carboxylic acids is 1. The molecule has 4 aromatic carbocycles. The number of aromatic hydroxyl groups is 1. The van der Waals surface area contributed by atoms with Crippen LogP contribution in [-0.2, 0) is 10.2 Å². The van der Waals surface area contributed by atoms with Crippen molar-refractivity contribution in [1.29, 1.82) is 0 Å². The van der Waals surface area contributed by atoms with Crippen LogP contribution in [0.1, 0.15) is 92.6 Å². The molecule has 2 atom stereocenters. The molecule has 5 aromatic rings. The van der Waals surface area contributed by atoms with Gasteiger partial charge in [-0.3, -0.25) is 9.59 Å². The summed E-state index contributed by atoms with van der Waals surface area (Å²) in [6.45, 7) is 4.40. The predicted molar refractivity (Wildman–Crippen MR) is 220 cm³/mol. The summed E-state index contributed by atoms with van der Waals surface area (Å²) in [5.41, 5.74) is 3.00. The highest BCUT2D eigenvalue weighted by atomic mass is 16.4. The third kappa shape index (κ3) is 9.92. The fourth-order valence-electron chi connectivity index (χ4n) is 8.82. The van der Waals surface area contributed by atoms with E-state index in [9.17, 15) is 24.9 Å². The minimum Gasteiger partial charge on any atom is -0.506 e. The van der Waals surface area contributed by atoms with Crippen LogP contribution in [0.2, 0.25) is 0 Å². The van der Waals surface area contributed by atoms with Crippen molar-refractivity contribution >= 4 is 16.9 Å². The number of hydrogen-bond acceptors (Lipinski definition) is 6. The van der Waals surface area contributed by atoms with Gasteiger partial charge in [-0.25, -0.2) is 0 Å². The van der Waals surface area contributed by atoms with Crippen LogP contribution in [0.5, 0.6) is 5.75 Å². The molecule has 5 N–H and O–H groups in total. The number of hydrogen-bond donors (Lipinski definition) is 5. The van der Waals surface area contributed by atoms with Gasteiger partial charge < -0.3 is 30.5 Å². The molecule has 8 nitrogen and oxygen atoms in total. The zero-order valence-corrected chi connectivity index (χ0v) is 31.9. The lowest BCUT2D eigenvalue weighted by Crippen LogP contribution is -2.44. The highest BCUT2D eigenvalue weighted by Gasteiger charge is 2.48. The van der Waals surface area contributed by atoms with Crippen LogP contribution in [0, 0.1) is 11.8 Å². The highest BCUT2D eigenvalue weighted by Crippen LogP contribution is 2.48. The predicted octanol–water partition coefficient (Wildman–Crippen LogP) is 8.42. The van der Waals surface area contributed by atoms with Gasteiger partial charge in [0.2, 0.25) is 5.56 Å². The number of phenolic OH excluding ortho intramolecular Hbond substituents is 1. The maximum absolute atomic E-state index is 13.4. The van der Waals surface area contributed by atoms with Crippen LogP contribution in [-0.4, -0.2) is 63.9 Å². The molecular weight excluding hydrogens is 687 g/mol. The van der Waals surface area contributed by atoms with E-state index < -0.39 is 23.4 Å². The lowest BCUT2D eigenvalue weighted by atomic mass is 9.59. The summed E-state index contributed by atoms with van der Waals surface area (Å²) in [7, 11) is 0. The van der Waals surface area contributed by atoms with Gasteiger partial charge in [-0.15, -0.1) is 0 Å². The first kappa shape index (κ1) is 39.9. The van der Waals surface area contributed by atoms with Crippen molar-refractivity contribution in [2.24, 2.45) is 11.8 Å². The topological polar surface area (TPSA) is 126 Å². The second-order valence-electron chi connectivity index (χ2n) is 15.3. The number of phenols is 1. The van der Waals surface area contributed by atoms with Crippen LogP contribution in [0.3, 0.4) is 0 Å². The number of piperidine rings is 1. The molecule has 6 rings (SSSR count). The fourth-order valence-corrected chi connectivity index (χ4v) is 8.82. The summed E-state index contributed by atoms with van der Waals surface area (Å²) in [5.74, 6) is -1.01. The average Bonchev–Trinajstić information content (AvgIpc) is 3.21. The number of aliphatic hydroxyl groups is 1. The zero-order chi connectivity index (χ0) is 38.5. The van der Waals surface area contributed by atoms with Crippen molar-refractivity contribution in [1.82, 2.24) is 15.2 Å². The molecule has 1 fully saturated rings. The van der Waals surface area contributed by atoms with Gasteiger partial charge in [0, 0.05) is 18.0 Å². The summed E-state index contributed by atoms with van der Waals surface area (Å²) in [6, 6.07) is 37.0. The molecular formula is C47H57N3O5. The first-order valence-electron chi connectivity index (χ1n) is 20.2. The number of nitrogens with zero attached hydrogens (tertiary/aromatic N) is 1. The van der Waals surface area contributed by atoms with E-state index in [4.69, 9.17) is 0 Å². The van der Waals surface area contributed by atoms with Crippen molar-refractivity contribution < 1.29 is 20.1 Å². The maximum Gasteiger partial charge on any atom is 0.308 e. The van der Waals surface area contributed by atoms with E-state index in [2.05, 4.69) is 51.6 Å². The Morgan fingerprint density at radius 3 is 1.85 bits per heavy atom. The Balaban J connectivity index is 0.905. The van der Waals surface area contributed by atoms with Gasteiger partial charge in [0.25, 0.3) is 0 Å². The van der Waals surface area contributed by atoms with E-state index in [-0.39, 0.29) is 11.3 Å². The minimum absolute atomic E-state index is 0.00528. The molecule has 1 aliphatic rings. The summed E-state index contributed by atoms with van der Waals surface area (Å²) < 4.78 is 0. The van der Waals surface area contributed by atoms with Gasteiger partial charge in [0.1, 0.15) is 5.75 Å². The third-order valence-corrected chi connectivity index (χ3v) is 11.7. The van der Waals surface area contributed by atoms with E-state index in [0.717, 1.165) is 68.6 Å². The van der Waals surface area contributed by atoms with Crippen LogP contribution in [0.4, 0.5) is 0 Å². The smallest absolute Gasteiger partial charge is 0.308 e. The van der Waals surface area contributed by atoms with E-state index in [1.165, 1.54) is 44.2 Å². The number of benzene rings is 4. The van der Waals surface area contributed by atoms with Crippen molar-refractivity contribution in [3.8, 4) is 5.75 Å². The highest BCUT2D eigenvalue weighted by molar-refractivity contribution is 5.87. The van der Waals surface area contributed by atoms with Gasteiger partial charge in [-0.2, -0.15) is 0 Å². The number of aromatic nitrogens is 1. The Bertz CT molecular complexity index is 1880. The van der Waals surface area contributed by atoms with E-state index in [0.29, 0.717) is 35.3 Å². The Kier molecular flexibility index (Phi) is 14.3. The number of likely N-dealkylation sites (tertiary alicyclic amines) is 1. The summed E-state index contributed by atoms with van der Waals surface area (Å²) in [5, 5.41) is 35.8. The molecule has 0 bridgehead atoms. The summed E-state index contributed by atoms with van der Waals surface area (Å²) in [4.78, 5) is 30.3. The number of nitrogens with one attached hydrogen (secondary N) is 2. The molecule has 1 aromatic heterocycles. The van der Waals surface area contributed by atoms with Crippen molar-refractivity contribution in [3.05, 3.63) is 148 Å². The quantitative estimate of drug-likeness (QED) is 0.0400. The summed E-state index contributed by atoms with van der Waals surface area (Å²) >= 11 is 0. The largest absolute Gasteiger partial charge is 0.506 e. The second-order valence-corrected chi connectivity index (χ2v) is 15.3. The molecule has 55 heavy (non-hydrogen) atoms. The molecule has 8 heteroatoms. The molecule has 0 radical (unpaired) electrons. The van der Waals surface area contributed by atoms with Gasteiger partial charge >= 0.3 is 5.97 Å². The van der Waals surface area contributed by atoms with Gasteiger partial charge in [-0.05, 0) is 98.6 Å². The molecule has 1 aliphatic heterocycles. The lowest BCUT2D eigenvalue weighted by Gasteiger charge is -2.43. The normalized spacial score (nSPS) is 15.2. The molecule has 0 aliphatic carbocycles. The Morgan fingerprint density at radius 2 is 1.29 bits per heavy atom. The van der Waals surface area contributed by atoms with Gasteiger partial charge in [0.05, 0.1) is 23.0 Å². The molecule has 2 heterocycles. The van der Waals surface area contributed by atoms with Crippen LogP contribution < -0.4 is 10.9 Å².